The number of carbonyl (C=O) groups is 3. The van der Waals surface area contributed by atoms with Crippen LogP contribution in [0.3, 0.4) is 0 Å². The quantitative estimate of drug-likeness (QED) is 0.317. The van der Waals surface area contributed by atoms with Gasteiger partial charge in [0.25, 0.3) is 0 Å². The Morgan fingerprint density at radius 1 is 0.923 bits per heavy atom. The summed E-state index contributed by atoms with van der Waals surface area (Å²) in [5, 5.41) is 10.5. The van der Waals surface area contributed by atoms with E-state index in [0.717, 1.165) is 32.0 Å². The van der Waals surface area contributed by atoms with Crippen molar-refractivity contribution in [1.82, 2.24) is 15.2 Å². The number of nitrogens with one attached hydrogen (secondary N) is 4. The molecule has 0 radical (unpaired) electrons. The molecule has 4 N–H and O–H groups in total. The normalized spacial score (nSPS) is 13.8. The molecular weight excluding hydrogens is 510 g/mol. The number of aromatic nitrogens is 1. The zero-order valence-electron chi connectivity index (χ0n) is 21.2. The first kappa shape index (κ1) is 27.5. The van der Waals surface area contributed by atoms with E-state index in [-0.39, 0.29) is 35.1 Å². The molecule has 0 aliphatic carbocycles. The van der Waals surface area contributed by atoms with E-state index in [4.69, 9.17) is 4.74 Å². The molecule has 39 heavy (non-hydrogen) atoms. The van der Waals surface area contributed by atoms with Gasteiger partial charge in [-0.3, -0.25) is 14.9 Å². The summed E-state index contributed by atoms with van der Waals surface area (Å²) in [6, 6.07) is 11.6. The molecule has 1 aliphatic heterocycles. The molecular formula is C27H28F2N6O4. The van der Waals surface area contributed by atoms with Crippen molar-refractivity contribution >= 4 is 35.0 Å². The van der Waals surface area contributed by atoms with Gasteiger partial charge < -0.3 is 25.6 Å². The highest BCUT2D eigenvalue weighted by Crippen LogP contribution is 2.28. The molecule has 10 nitrogen and oxygen atoms in total. The van der Waals surface area contributed by atoms with E-state index < -0.39 is 29.9 Å². The van der Waals surface area contributed by atoms with Gasteiger partial charge in [0, 0.05) is 35.7 Å². The Bertz CT molecular complexity index is 1330. The van der Waals surface area contributed by atoms with Crippen LogP contribution >= 0.6 is 0 Å². The highest BCUT2D eigenvalue weighted by Gasteiger charge is 2.19. The largest absolute Gasteiger partial charge is 0.454 e. The summed E-state index contributed by atoms with van der Waals surface area (Å²) in [4.78, 5) is 42.9. The number of pyridine rings is 1. The minimum absolute atomic E-state index is 0.0814. The van der Waals surface area contributed by atoms with Gasteiger partial charge in [-0.25, -0.2) is 18.6 Å². The summed E-state index contributed by atoms with van der Waals surface area (Å²) in [5.74, 6) is -2.11. The van der Waals surface area contributed by atoms with Crippen LogP contribution in [0.2, 0.25) is 0 Å². The molecule has 0 saturated carbocycles. The molecule has 0 bridgehead atoms. The van der Waals surface area contributed by atoms with E-state index in [1.165, 1.54) is 54.7 Å². The van der Waals surface area contributed by atoms with Gasteiger partial charge in [0.05, 0.1) is 0 Å². The van der Waals surface area contributed by atoms with Gasteiger partial charge in [0.15, 0.2) is 11.6 Å². The molecule has 0 spiro atoms. The number of urea groups is 1. The van der Waals surface area contributed by atoms with E-state index in [1.54, 1.807) is 0 Å². The van der Waals surface area contributed by atoms with E-state index in [0.29, 0.717) is 5.69 Å². The van der Waals surface area contributed by atoms with Crippen LogP contribution in [0.1, 0.15) is 19.3 Å². The number of nitrogens with zero attached hydrogens (tertiary/aromatic N) is 2. The molecule has 0 atom stereocenters. The summed E-state index contributed by atoms with van der Waals surface area (Å²) < 4.78 is 33.2. The second kappa shape index (κ2) is 12.8. The maximum atomic E-state index is 14.7. The lowest BCUT2D eigenvalue weighted by atomic mass is 10.1. The number of rotatable bonds is 8. The Morgan fingerprint density at radius 3 is 2.28 bits per heavy atom. The van der Waals surface area contributed by atoms with Gasteiger partial charge in [-0.05, 0) is 75.4 Å². The van der Waals surface area contributed by atoms with Crippen molar-refractivity contribution in [3.63, 3.8) is 0 Å². The second-order valence-corrected chi connectivity index (χ2v) is 9.08. The predicted octanol–water partition coefficient (Wildman–Crippen LogP) is 4.34. The van der Waals surface area contributed by atoms with Crippen molar-refractivity contribution in [3.8, 4) is 11.5 Å². The molecule has 12 heteroatoms. The average Bonchev–Trinajstić information content (AvgIpc) is 2.88. The van der Waals surface area contributed by atoms with Crippen LogP contribution in [0.4, 0.5) is 30.8 Å². The van der Waals surface area contributed by atoms with Crippen molar-refractivity contribution in [2.45, 2.75) is 25.3 Å². The van der Waals surface area contributed by atoms with Gasteiger partial charge in [-0.2, -0.15) is 0 Å². The third-order valence-electron chi connectivity index (χ3n) is 5.92. The van der Waals surface area contributed by atoms with E-state index >= 15 is 0 Å². The minimum atomic E-state index is -0.755. The molecule has 4 amide bonds. The number of ether oxygens (including phenoxy) is 1. The smallest absolute Gasteiger partial charge is 0.320 e. The average molecular weight is 539 g/mol. The highest BCUT2D eigenvalue weighted by atomic mass is 19.1. The minimum Gasteiger partial charge on any atom is -0.454 e. The topological polar surface area (TPSA) is 125 Å². The van der Waals surface area contributed by atoms with Crippen LogP contribution in [0.15, 0.2) is 60.8 Å². The monoisotopic (exact) mass is 538 g/mol. The van der Waals surface area contributed by atoms with Gasteiger partial charge in [-0.15, -0.1) is 0 Å². The molecule has 1 aliphatic rings. The van der Waals surface area contributed by atoms with Gasteiger partial charge in [-0.1, -0.05) is 0 Å². The lowest BCUT2D eigenvalue weighted by Gasteiger charge is -2.29. The van der Waals surface area contributed by atoms with Crippen molar-refractivity contribution in [3.05, 3.63) is 72.4 Å². The molecule has 4 rings (SSSR count). The Labute approximate surface area is 223 Å². The molecule has 2 aromatic carbocycles. The maximum Gasteiger partial charge on any atom is 0.320 e. The van der Waals surface area contributed by atoms with Crippen molar-refractivity contribution in [1.29, 1.82) is 0 Å². The number of anilines is 3. The highest BCUT2D eigenvalue weighted by molar-refractivity contribution is 6.08. The molecule has 3 aromatic rings. The van der Waals surface area contributed by atoms with E-state index in [2.05, 4.69) is 31.2 Å². The third-order valence-corrected chi connectivity index (χ3v) is 5.92. The summed E-state index contributed by atoms with van der Waals surface area (Å²) in [5.41, 5.74) is 0.469. The maximum absolute atomic E-state index is 14.7. The first-order valence-electron chi connectivity index (χ1n) is 12.3. The van der Waals surface area contributed by atoms with Crippen LogP contribution in [-0.4, -0.2) is 53.9 Å². The van der Waals surface area contributed by atoms with Crippen LogP contribution in [0, 0.1) is 11.6 Å². The molecule has 204 valence electrons. The van der Waals surface area contributed by atoms with E-state index in [1.807, 2.05) is 7.05 Å². The number of carbonyl (C=O) groups excluding carboxylic acids is 3. The molecule has 0 unspecified atom stereocenters. The van der Waals surface area contributed by atoms with Crippen LogP contribution < -0.4 is 26.0 Å². The number of halogens is 2. The van der Waals surface area contributed by atoms with E-state index in [9.17, 15) is 23.2 Å². The Morgan fingerprint density at radius 2 is 1.59 bits per heavy atom. The zero-order valence-corrected chi connectivity index (χ0v) is 21.2. The van der Waals surface area contributed by atoms with Crippen LogP contribution in [0.25, 0.3) is 0 Å². The number of benzene rings is 2. The first-order valence-corrected chi connectivity index (χ1v) is 12.3. The summed E-state index contributed by atoms with van der Waals surface area (Å²) in [6.07, 6.45) is 2.62. The lowest BCUT2D eigenvalue weighted by Crippen LogP contribution is -2.44. The summed E-state index contributed by atoms with van der Waals surface area (Å²) >= 11 is 0. The fraction of sp³-hybridized carbons (Fsp3) is 0.259. The SMILES string of the molecule is CN1CCC(NC(=O)Nc2cc(Oc3ccc(NC(=O)CC(=O)Nc4ccc(F)cc4)cc3F)ccn2)CC1. The Kier molecular flexibility index (Phi) is 9.00. The standard InChI is InChI=1S/C27H28F2N6O4/c1-35-12-9-19(10-13-35)33-27(38)34-24-15-21(8-11-30-24)39-23-7-6-20(14-22(23)29)32-26(37)16-25(36)31-18-4-2-17(28)3-5-18/h2-8,11,14-15,19H,9-10,12-13,16H2,1H3,(H,31,36)(H,32,37)(H2,30,33,34,38). The van der Waals surface area contributed by atoms with Crippen molar-refractivity contribution in [2.24, 2.45) is 0 Å². The van der Waals surface area contributed by atoms with Crippen molar-refractivity contribution in [2.75, 3.05) is 36.1 Å². The third kappa shape index (κ3) is 8.47. The number of likely N-dealkylation sites (tertiary alicyclic amines) is 1. The Balaban J connectivity index is 1.28. The molecule has 2 heterocycles. The fourth-order valence-corrected chi connectivity index (χ4v) is 3.91. The predicted molar refractivity (Wildman–Crippen MR) is 142 cm³/mol. The Hall–Kier alpha value is -4.58. The lowest BCUT2D eigenvalue weighted by molar-refractivity contribution is -0.123. The number of piperidine rings is 1. The van der Waals surface area contributed by atoms with Crippen molar-refractivity contribution < 1.29 is 27.9 Å². The summed E-state index contributed by atoms with van der Waals surface area (Å²) in [6.45, 7) is 1.82. The number of hydrogen-bond donors (Lipinski definition) is 4. The van der Waals surface area contributed by atoms with Crippen LogP contribution in [-0.2, 0) is 9.59 Å². The zero-order chi connectivity index (χ0) is 27.8. The first-order chi connectivity index (χ1) is 18.7. The summed E-state index contributed by atoms with van der Waals surface area (Å²) in [7, 11) is 2.04. The fourth-order valence-electron chi connectivity index (χ4n) is 3.91. The number of hydrogen-bond acceptors (Lipinski definition) is 6. The second-order valence-electron chi connectivity index (χ2n) is 9.08. The molecule has 1 aromatic heterocycles. The number of amides is 4. The van der Waals surface area contributed by atoms with Gasteiger partial charge >= 0.3 is 6.03 Å². The molecule has 1 saturated heterocycles. The van der Waals surface area contributed by atoms with Gasteiger partial charge in [0.2, 0.25) is 11.8 Å². The molecule has 1 fully saturated rings. The van der Waals surface area contributed by atoms with Crippen LogP contribution in [0.5, 0.6) is 11.5 Å². The van der Waals surface area contributed by atoms with Gasteiger partial charge in [0.1, 0.15) is 23.8 Å².